The fraction of sp³-hybridized carbons (Fsp3) is 0.200. The van der Waals surface area contributed by atoms with Crippen LogP contribution < -0.4 is 9.47 Å². The molecule has 0 unspecified atom stereocenters. The molecule has 94 valence electrons. The quantitative estimate of drug-likeness (QED) is 0.831. The second kappa shape index (κ2) is 5.78. The van der Waals surface area contributed by atoms with Crippen LogP contribution in [0.25, 0.3) is 0 Å². The van der Waals surface area contributed by atoms with Gasteiger partial charge in [-0.3, -0.25) is 0 Å². The summed E-state index contributed by atoms with van der Waals surface area (Å²) in [6.45, 7) is 0. The summed E-state index contributed by atoms with van der Waals surface area (Å²) >= 11 is 6.19. The summed E-state index contributed by atoms with van der Waals surface area (Å²) in [6.07, 6.45) is 0.757. The molecule has 0 heterocycles. The molecule has 0 saturated heterocycles. The van der Waals surface area contributed by atoms with Crippen molar-refractivity contribution in [2.45, 2.75) is 6.42 Å². The van der Waals surface area contributed by atoms with Gasteiger partial charge < -0.3 is 9.47 Å². The van der Waals surface area contributed by atoms with Gasteiger partial charge in [-0.1, -0.05) is 23.7 Å². The van der Waals surface area contributed by atoms with Gasteiger partial charge in [0.15, 0.2) is 0 Å². The zero-order chi connectivity index (χ0) is 13.0. The molecule has 2 aromatic rings. The maximum atomic E-state index is 6.19. The lowest BCUT2D eigenvalue weighted by Gasteiger charge is -2.08. The summed E-state index contributed by atoms with van der Waals surface area (Å²) in [6, 6.07) is 13.6. The van der Waals surface area contributed by atoms with Gasteiger partial charge in [-0.2, -0.15) is 0 Å². The van der Waals surface area contributed by atoms with Crippen LogP contribution >= 0.6 is 11.6 Å². The average molecular weight is 263 g/mol. The first kappa shape index (κ1) is 12.8. The van der Waals surface area contributed by atoms with Crippen molar-refractivity contribution >= 4 is 11.6 Å². The summed E-state index contributed by atoms with van der Waals surface area (Å²) in [5, 5.41) is 0.749. The van der Waals surface area contributed by atoms with Gasteiger partial charge in [0.1, 0.15) is 11.5 Å². The van der Waals surface area contributed by atoms with Crippen molar-refractivity contribution in [2.24, 2.45) is 0 Å². The molecular weight excluding hydrogens is 248 g/mol. The van der Waals surface area contributed by atoms with E-state index in [0.717, 1.165) is 34.1 Å². The molecule has 0 saturated carbocycles. The largest absolute Gasteiger partial charge is 0.497 e. The molecule has 0 aliphatic rings. The third-order valence-electron chi connectivity index (χ3n) is 2.78. The van der Waals surface area contributed by atoms with E-state index < -0.39 is 0 Å². The highest BCUT2D eigenvalue weighted by Gasteiger charge is 2.04. The number of rotatable bonds is 4. The maximum absolute atomic E-state index is 6.19. The zero-order valence-corrected chi connectivity index (χ0v) is 11.2. The van der Waals surface area contributed by atoms with Crippen LogP contribution in [0.15, 0.2) is 42.5 Å². The Bertz CT molecular complexity index is 538. The Labute approximate surface area is 112 Å². The summed E-state index contributed by atoms with van der Waals surface area (Å²) in [5.74, 6) is 1.67. The van der Waals surface area contributed by atoms with Gasteiger partial charge in [0.2, 0.25) is 0 Å². The van der Waals surface area contributed by atoms with Crippen LogP contribution in [-0.4, -0.2) is 14.2 Å². The molecule has 0 N–H and O–H groups in total. The molecule has 3 heteroatoms. The van der Waals surface area contributed by atoms with E-state index in [-0.39, 0.29) is 0 Å². The second-order valence-corrected chi connectivity index (χ2v) is 4.39. The van der Waals surface area contributed by atoms with E-state index in [1.165, 1.54) is 0 Å². The number of ether oxygens (including phenoxy) is 2. The number of hydrogen-bond donors (Lipinski definition) is 0. The van der Waals surface area contributed by atoms with E-state index >= 15 is 0 Å². The van der Waals surface area contributed by atoms with Crippen LogP contribution in [0.1, 0.15) is 11.1 Å². The van der Waals surface area contributed by atoms with Gasteiger partial charge >= 0.3 is 0 Å². The molecule has 2 nitrogen and oxygen atoms in total. The van der Waals surface area contributed by atoms with Gasteiger partial charge in [0, 0.05) is 5.02 Å². The molecule has 0 spiro atoms. The Balaban J connectivity index is 2.27. The summed E-state index contributed by atoms with van der Waals surface area (Å²) in [5.41, 5.74) is 2.20. The van der Waals surface area contributed by atoms with Gasteiger partial charge in [-0.15, -0.1) is 0 Å². The van der Waals surface area contributed by atoms with E-state index in [9.17, 15) is 0 Å². The Hall–Kier alpha value is -1.67. The monoisotopic (exact) mass is 262 g/mol. The van der Waals surface area contributed by atoms with Crippen molar-refractivity contribution in [3.63, 3.8) is 0 Å². The minimum atomic E-state index is 0.749. The van der Waals surface area contributed by atoms with Crippen molar-refractivity contribution < 1.29 is 9.47 Å². The maximum Gasteiger partial charge on any atom is 0.119 e. The SMILES string of the molecule is COc1cccc(Cc2cc(OC)ccc2Cl)c1. The molecule has 0 fully saturated rings. The third-order valence-corrected chi connectivity index (χ3v) is 3.15. The molecule has 0 bridgehead atoms. The molecule has 0 aliphatic carbocycles. The van der Waals surface area contributed by atoms with Crippen LogP contribution in [0.3, 0.4) is 0 Å². The van der Waals surface area contributed by atoms with Crippen LogP contribution in [-0.2, 0) is 6.42 Å². The van der Waals surface area contributed by atoms with Crippen molar-refractivity contribution in [1.29, 1.82) is 0 Å². The predicted octanol–water partition coefficient (Wildman–Crippen LogP) is 3.95. The lowest BCUT2D eigenvalue weighted by molar-refractivity contribution is 0.414. The molecule has 0 atom stereocenters. The smallest absolute Gasteiger partial charge is 0.119 e. The summed E-state index contributed by atoms with van der Waals surface area (Å²) in [7, 11) is 3.32. The van der Waals surface area contributed by atoms with E-state index in [1.807, 2.05) is 36.4 Å². The van der Waals surface area contributed by atoms with Crippen LogP contribution in [0.4, 0.5) is 0 Å². The van der Waals surface area contributed by atoms with Crippen molar-refractivity contribution in [2.75, 3.05) is 14.2 Å². The molecular formula is C15H15ClO2. The number of methoxy groups -OCH3 is 2. The molecule has 0 aromatic heterocycles. The van der Waals surface area contributed by atoms with E-state index in [2.05, 4.69) is 6.07 Å². The van der Waals surface area contributed by atoms with Gasteiger partial charge in [-0.25, -0.2) is 0 Å². The average Bonchev–Trinajstić information content (AvgIpc) is 2.41. The molecule has 2 aromatic carbocycles. The zero-order valence-electron chi connectivity index (χ0n) is 10.4. The number of hydrogen-bond acceptors (Lipinski definition) is 2. The Morgan fingerprint density at radius 2 is 1.67 bits per heavy atom. The molecule has 0 aliphatic heterocycles. The number of benzene rings is 2. The van der Waals surface area contributed by atoms with Gasteiger partial charge in [-0.05, 0) is 47.9 Å². The molecule has 18 heavy (non-hydrogen) atoms. The van der Waals surface area contributed by atoms with E-state index in [4.69, 9.17) is 21.1 Å². The topological polar surface area (TPSA) is 18.5 Å². The minimum Gasteiger partial charge on any atom is -0.497 e. The molecule has 2 rings (SSSR count). The highest BCUT2D eigenvalue weighted by molar-refractivity contribution is 6.31. The fourth-order valence-electron chi connectivity index (χ4n) is 1.82. The predicted molar refractivity (Wildman–Crippen MR) is 73.8 cm³/mol. The standard InChI is InChI=1S/C15H15ClO2/c1-17-13-5-3-4-11(9-13)8-12-10-14(18-2)6-7-15(12)16/h3-7,9-10H,8H2,1-2H3. The first-order valence-electron chi connectivity index (χ1n) is 5.68. The van der Waals surface area contributed by atoms with E-state index in [0.29, 0.717) is 0 Å². The fourth-order valence-corrected chi connectivity index (χ4v) is 2.00. The summed E-state index contributed by atoms with van der Waals surface area (Å²) in [4.78, 5) is 0. The van der Waals surface area contributed by atoms with Crippen molar-refractivity contribution in [1.82, 2.24) is 0 Å². The Kier molecular flexibility index (Phi) is 4.11. The van der Waals surface area contributed by atoms with E-state index in [1.54, 1.807) is 14.2 Å². The molecule has 0 radical (unpaired) electrons. The highest BCUT2D eigenvalue weighted by Crippen LogP contribution is 2.25. The van der Waals surface area contributed by atoms with Crippen molar-refractivity contribution in [3.05, 3.63) is 58.6 Å². The lowest BCUT2D eigenvalue weighted by atomic mass is 10.0. The highest BCUT2D eigenvalue weighted by atomic mass is 35.5. The van der Waals surface area contributed by atoms with Crippen LogP contribution in [0.2, 0.25) is 5.02 Å². The third kappa shape index (κ3) is 2.96. The Morgan fingerprint density at radius 1 is 0.944 bits per heavy atom. The minimum absolute atomic E-state index is 0.749. The normalized spacial score (nSPS) is 10.2. The second-order valence-electron chi connectivity index (χ2n) is 3.99. The van der Waals surface area contributed by atoms with Crippen LogP contribution in [0.5, 0.6) is 11.5 Å². The lowest BCUT2D eigenvalue weighted by Crippen LogP contribution is -1.92. The summed E-state index contributed by atoms with van der Waals surface area (Å²) < 4.78 is 10.4. The first-order chi connectivity index (χ1) is 8.72. The van der Waals surface area contributed by atoms with Gasteiger partial charge in [0.25, 0.3) is 0 Å². The number of halogens is 1. The Morgan fingerprint density at radius 3 is 2.39 bits per heavy atom. The van der Waals surface area contributed by atoms with Gasteiger partial charge in [0.05, 0.1) is 14.2 Å². The first-order valence-corrected chi connectivity index (χ1v) is 6.06. The van der Waals surface area contributed by atoms with Crippen molar-refractivity contribution in [3.8, 4) is 11.5 Å². The molecule has 0 amide bonds. The van der Waals surface area contributed by atoms with Crippen LogP contribution in [0, 0.1) is 0 Å².